The molecule has 0 aliphatic rings. The summed E-state index contributed by atoms with van der Waals surface area (Å²) >= 11 is 0. The van der Waals surface area contributed by atoms with Gasteiger partial charge >= 0.3 is 18.4 Å². The minimum Gasteiger partial charge on any atom is -0.387 e. The molecule has 0 fully saturated rings. The van der Waals surface area contributed by atoms with Crippen molar-refractivity contribution in [2.45, 2.75) is 25.1 Å². The number of hydrogen-bond acceptors (Lipinski definition) is 3. The van der Waals surface area contributed by atoms with E-state index in [0.29, 0.717) is 16.8 Å². The van der Waals surface area contributed by atoms with Crippen LogP contribution in [-0.2, 0) is 11.3 Å². The molecule has 29 heavy (non-hydrogen) atoms. The maximum absolute atomic E-state index is 13.1. The summed E-state index contributed by atoms with van der Waals surface area (Å²) in [5.41, 5.74) is 0.974. The first-order chi connectivity index (χ1) is 13.7. The molecule has 0 bridgehead atoms. The molecule has 0 aliphatic heterocycles. The van der Waals surface area contributed by atoms with E-state index in [9.17, 15) is 31.9 Å². The summed E-state index contributed by atoms with van der Waals surface area (Å²) in [6.45, 7) is -1.96. The molecule has 0 aromatic heterocycles. The predicted molar refractivity (Wildman–Crippen MR) is 95.4 cm³/mol. The fourth-order valence-electron chi connectivity index (χ4n) is 2.30. The molecule has 0 aliphatic carbocycles. The number of nitrogens with one attached hydrogen (secondary N) is 2. The van der Waals surface area contributed by atoms with Crippen molar-refractivity contribution >= 4 is 11.7 Å². The Morgan fingerprint density at radius 2 is 1.86 bits per heavy atom. The SMILES string of the molecule is O=C(NCC(O)c1cccc(F)c1)Nc1cccc(COCC(F)(F)C(F)F)c1. The normalized spacial score (nSPS) is 12.7. The highest BCUT2D eigenvalue weighted by Gasteiger charge is 2.40. The molecule has 0 spiro atoms. The lowest BCUT2D eigenvalue weighted by Gasteiger charge is -2.15. The van der Waals surface area contributed by atoms with Crippen molar-refractivity contribution in [1.29, 1.82) is 0 Å². The minimum absolute atomic E-state index is 0.180. The highest BCUT2D eigenvalue weighted by molar-refractivity contribution is 5.89. The van der Waals surface area contributed by atoms with Crippen LogP contribution in [0, 0.1) is 5.82 Å². The van der Waals surface area contributed by atoms with Gasteiger partial charge in [0.15, 0.2) is 0 Å². The van der Waals surface area contributed by atoms with Gasteiger partial charge in [-0.3, -0.25) is 0 Å². The average molecular weight is 418 g/mol. The molecule has 2 aromatic rings. The van der Waals surface area contributed by atoms with Gasteiger partial charge in [-0.25, -0.2) is 18.0 Å². The molecule has 3 N–H and O–H groups in total. The second kappa shape index (κ2) is 10.2. The molecule has 0 saturated heterocycles. The van der Waals surface area contributed by atoms with Gasteiger partial charge in [0.05, 0.1) is 12.7 Å². The van der Waals surface area contributed by atoms with Gasteiger partial charge in [0.2, 0.25) is 0 Å². The summed E-state index contributed by atoms with van der Waals surface area (Å²) < 4.78 is 67.6. The van der Waals surface area contributed by atoms with Gasteiger partial charge in [-0.15, -0.1) is 0 Å². The molecule has 1 atom stereocenters. The van der Waals surface area contributed by atoms with Gasteiger partial charge < -0.3 is 20.5 Å². The lowest BCUT2D eigenvalue weighted by Crippen LogP contribution is -2.32. The van der Waals surface area contributed by atoms with Crippen molar-refractivity contribution in [3.05, 3.63) is 65.5 Å². The molecule has 0 heterocycles. The third-order valence-corrected chi connectivity index (χ3v) is 3.76. The lowest BCUT2D eigenvalue weighted by atomic mass is 10.1. The topological polar surface area (TPSA) is 70.6 Å². The first-order valence-corrected chi connectivity index (χ1v) is 8.48. The van der Waals surface area contributed by atoms with Gasteiger partial charge in [-0.1, -0.05) is 24.3 Å². The van der Waals surface area contributed by atoms with E-state index in [-0.39, 0.29) is 13.2 Å². The number of halogens is 5. The summed E-state index contributed by atoms with van der Waals surface area (Å²) in [5, 5.41) is 14.8. The number of alkyl halides is 4. The zero-order chi connectivity index (χ0) is 21.4. The number of anilines is 1. The molecule has 2 aromatic carbocycles. The van der Waals surface area contributed by atoms with Gasteiger partial charge in [-0.2, -0.15) is 8.78 Å². The molecular weight excluding hydrogens is 399 g/mol. The molecule has 0 saturated carbocycles. The Kier molecular flexibility index (Phi) is 7.91. The van der Waals surface area contributed by atoms with E-state index < -0.39 is 36.9 Å². The molecule has 5 nitrogen and oxygen atoms in total. The number of aliphatic hydroxyl groups excluding tert-OH is 1. The average Bonchev–Trinajstić information content (AvgIpc) is 2.66. The van der Waals surface area contributed by atoms with E-state index >= 15 is 0 Å². The Labute approximate surface area is 163 Å². The maximum Gasteiger partial charge on any atom is 0.330 e. The van der Waals surface area contributed by atoms with Crippen molar-refractivity contribution in [2.75, 3.05) is 18.5 Å². The predicted octanol–water partition coefficient (Wildman–Crippen LogP) is 4.10. The quantitative estimate of drug-likeness (QED) is 0.537. The van der Waals surface area contributed by atoms with Crippen molar-refractivity contribution in [3.63, 3.8) is 0 Å². The lowest BCUT2D eigenvalue weighted by molar-refractivity contribution is -0.168. The van der Waals surface area contributed by atoms with Crippen molar-refractivity contribution in [1.82, 2.24) is 5.32 Å². The summed E-state index contributed by atoms with van der Waals surface area (Å²) in [6, 6.07) is 10.6. The van der Waals surface area contributed by atoms with Crippen LogP contribution in [0.15, 0.2) is 48.5 Å². The van der Waals surface area contributed by atoms with Crippen LogP contribution >= 0.6 is 0 Å². The van der Waals surface area contributed by atoms with Crippen LogP contribution in [0.5, 0.6) is 0 Å². The fraction of sp³-hybridized carbons (Fsp3) is 0.316. The Hall–Kier alpha value is -2.72. The Balaban J connectivity index is 1.82. The van der Waals surface area contributed by atoms with E-state index in [1.54, 1.807) is 0 Å². The van der Waals surface area contributed by atoms with E-state index in [2.05, 4.69) is 15.4 Å². The molecule has 0 radical (unpaired) electrons. The van der Waals surface area contributed by atoms with Gasteiger partial charge in [-0.05, 0) is 35.4 Å². The third-order valence-electron chi connectivity index (χ3n) is 3.76. The minimum atomic E-state index is -4.24. The van der Waals surface area contributed by atoms with Crippen LogP contribution in [0.3, 0.4) is 0 Å². The first-order valence-electron chi connectivity index (χ1n) is 8.48. The molecule has 10 heteroatoms. The number of carbonyl (C=O) groups excluding carboxylic acids is 1. The second-order valence-electron chi connectivity index (χ2n) is 6.16. The number of rotatable bonds is 9. The zero-order valence-electron chi connectivity index (χ0n) is 15.0. The van der Waals surface area contributed by atoms with Crippen LogP contribution in [0.4, 0.5) is 32.4 Å². The Morgan fingerprint density at radius 3 is 2.55 bits per heavy atom. The van der Waals surface area contributed by atoms with E-state index in [0.717, 1.165) is 6.07 Å². The third kappa shape index (κ3) is 7.31. The maximum atomic E-state index is 13.1. The van der Waals surface area contributed by atoms with Gasteiger partial charge in [0.1, 0.15) is 12.4 Å². The largest absolute Gasteiger partial charge is 0.387 e. The van der Waals surface area contributed by atoms with E-state index in [4.69, 9.17) is 0 Å². The van der Waals surface area contributed by atoms with Crippen molar-refractivity contribution < 1.29 is 36.6 Å². The van der Waals surface area contributed by atoms with Gasteiger partial charge in [0, 0.05) is 12.2 Å². The molecular formula is C19H19F5N2O3. The number of hydrogen-bond donors (Lipinski definition) is 3. The van der Waals surface area contributed by atoms with Crippen LogP contribution in [0.1, 0.15) is 17.2 Å². The number of urea groups is 1. The number of carbonyl (C=O) groups is 1. The number of aliphatic hydroxyl groups is 1. The number of amides is 2. The Morgan fingerprint density at radius 1 is 1.14 bits per heavy atom. The fourth-order valence-corrected chi connectivity index (χ4v) is 2.30. The van der Waals surface area contributed by atoms with Crippen molar-refractivity contribution in [3.8, 4) is 0 Å². The Bertz CT molecular complexity index is 820. The molecule has 1 unspecified atom stereocenters. The summed E-state index contributed by atoms with van der Waals surface area (Å²) in [5.74, 6) is -4.76. The molecule has 158 valence electrons. The highest BCUT2D eigenvalue weighted by atomic mass is 19.3. The first kappa shape index (κ1) is 22.6. The number of ether oxygens (including phenoxy) is 1. The van der Waals surface area contributed by atoms with Gasteiger partial charge in [0.25, 0.3) is 0 Å². The van der Waals surface area contributed by atoms with Crippen LogP contribution in [0.25, 0.3) is 0 Å². The van der Waals surface area contributed by atoms with Crippen LogP contribution in [0.2, 0.25) is 0 Å². The zero-order valence-corrected chi connectivity index (χ0v) is 15.0. The standard InChI is InChI=1S/C19H19F5N2O3/c20-14-5-2-4-13(8-14)16(27)9-25-18(28)26-15-6-1-3-12(7-15)10-29-11-19(23,24)17(21)22/h1-8,16-17,27H,9-11H2,(H2,25,26,28). The molecule has 2 amide bonds. The number of benzene rings is 2. The van der Waals surface area contributed by atoms with Crippen LogP contribution < -0.4 is 10.6 Å². The van der Waals surface area contributed by atoms with Crippen LogP contribution in [-0.4, -0.2) is 36.6 Å². The van der Waals surface area contributed by atoms with Crippen molar-refractivity contribution in [2.24, 2.45) is 0 Å². The second-order valence-corrected chi connectivity index (χ2v) is 6.16. The molecule has 2 rings (SSSR count). The monoisotopic (exact) mass is 418 g/mol. The smallest absolute Gasteiger partial charge is 0.330 e. The highest BCUT2D eigenvalue weighted by Crippen LogP contribution is 2.23. The summed E-state index contributed by atoms with van der Waals surface area (Å²) in [7, 11) is 0. The van der Waals surface area contributed by atoms with E-state index in [1.165, 1.54) is 42.5 Å². The van der Waals surface area contributed by atoms with E-state index in [1.807, 2.05) is 0 Å². The summed E-state index contributed by atoms with van der Waals surface area (Å²) in [4.78, 5) is 11.9. The summed E-state index contributed by atoms with van der Waals surface area (Å²) in [6.07, 6.45) is -4.94.